The summed E-state index contributed by atoms with van der Waals surface area (Å²) in [5.74, 6) is -1.60. The van der Waals surface area contributed by atoms with Crippen molar-refractivity contribution in [3.63, 3.8) is 0 Å². The molecule has 124 valence electrons. The maximum absolute atomic E-state index is 12.2. The number of hydrogen-bond acceptors (Lipinski definition) is 5. The molecule has 0 aliphatic carbocycles. The van der Waals surface area contributed by atoms with E-state index in [9.17, 15) is 14.3 Å². The van der Waals surface area contributed by atoms with E-state index in [2.05, 4.69) is 5.16 Å². The molecule has 0 radical (unpaired) electrons. The Morgan fingerprint density at radius 3 is 2.70 bits per heavy atom. The van der Waals surface area contributed by atoms with Crippen LogP contribution in [0.3, 0.4) is 0 Å². The van der Waals surface area contributed by atoms with Crippen molar-refractivity contribution in [1.82, 2.24) is 5.16 Å². The highest BCUT2D eigenvalue weighted by atomic mass is 31.2. The van der Waals surface area contributed by atoms with Gasteiger partial charge in [-0.2, -0.15) is 0 Å². The number of benzene rings is 1. The van der Waals surface area contributed by atoms with Crippen molar-refractivity contribution in [2.24, 2.45) is 5.73 Å². The summed E-state index contributed by atoms with van der Waals surface area (Å²) in [6, 6.07) is 11.2. The van der Waals surface area contributed by atoms with Crippen LogP contribution in [0.4, 0.5) is 0 Å². The number of nitrogens with zero attached hydrogens (tertiary/aromatic N) is 1. The molecular formula is C15H19N2O5P. The average Bonchev–Trinajstić information content (AvgIpc) is 3.00. The number of nitrogens with two attached hydrogens (primary N) is 1. The zero-order chi connectivity index (χ0) is 16.9. The Hall–Kier alpha value is -1.95. The summed E-state index contributed by atoms with van der Waals surface area (Å²) >= 11 is 0. The first-order chi connectivity index (χ1) is 10.9. The van der Waals surface area contributed by atoms with Crippen LogP contribution in [0.1, 0.15) is 18.6 Å². The highest BCUT2D eigenvalue weighted by Gasteiger charge is 2.28. The topological polar surface area (TPSA) is 127 Å². The smallest absolute Gasteiger partial charge is 0.303 e. The van der Waals surface area contributed by atoms with E-state index in [1.165, 1.54) is 0 Å². The Morgan fingerprint density at radius 2 is 2.04 bits per heavy atom. The zero-order valence-electron chi connectivity index (χ0n) is 12.5. The monoisotopic (exact) mass is 338 g/mol. The van der Waals surface area contributed by atoms with Gasteiger partial charge in [-0.15, -0.1) is 0 Å². The Balaban J connectivity index is 1.94. The van der Waals surface area contributed by atoms with E-state index in [4.69, 9.17) is 15.4 Å². The summed E-state index contributed by atoms with van der Waals surface area (Å²) in [5.41, 5.74) is 7.19. The minimum atomic E-state index is -3.64. The molecular weight excluding hydrogens is 319 g/mol. The number of carbonyl (C=O) groups is 1. The summed E-state index contributed by atoms with van der Waals surface area (Å²) in [6.45, 7) is 0. The minimum Gasteiger partial charge on any atom is -0.481 e. The van der Waals surface area contributed by atoms with Gasteiger partial charge in [-0.25, -0.2) is 0 Å². The molecule has 0 saturated heterocycles. The minimum absolute atomic E-state index is 0.0330. The molecule has 2 rings (SSSR count). The fraction of sp³-hybridized carbons (Fsp3) is 0.333. The van der Waals surface area contributed by atoms with E-state index in [1.807, 2.05) is 30.3 Å². The first-order valence-electron chi connectivity index (χ1n) is 7.18. The SMILES string of the molecule is NC(CCC(=O)O)P(=O)(O)CCc1cc(-c2ccccc2)no1. The molecule has 1 aromatic heterocycles. The summed E-state index contributed by atoms with van der Waals surface area (Å²) < 4.78 is 17.3. The van der Waals surface area contributed by atoms with Gasteiger partial charge < -0.3 is 20.3 Å². The molecule has 0 spiro atoms. The Labute approximate surface area is 133 Å². The van der Waals surface area contributed by atoms with Gasteiger partial charge in [0.1, 0.15) is 11.5 Å². The second-order valence-electron chi connectivity index (χ2n) is 5.27. The van der Waals surface area contributed by atoms with E-state index in [0.29, 0.717) is 11.5 Å². The standard InChI is InChI=1S/C15H19N2O5P/c16-14(6-7-15(18)19)23(20,21)9-8-12-10-13(17-22-12)11-4-2-1-3-5-11/h1-5,10,14H,6-9,16H2,(H,18,19)(H,20,21). The molecule has 0 fully saturated rings. The summed E-state index contributed by atoms with van der Waals surface area (Å²) in [7, 11) is -3.64. The average molecular weight is 338 g/mol. The van der Waals surface area contributed by atoms with Crippen LogP contribution in [0.2, 0.25) is 0 Å². The van der Waals surface area contributed by atoms with Crippen molar-refractivity contribution >= 4 is 13.3 Å². The van der Waals surface area contributed by atoms with Crippen molar-refractivity contribution < 1.29 is 23.9 Å². The summed E-state index contributed by atoms with van der Waals surface area (Å²) in [6.07, 6.45) is -0.118. The van der Waals surface area contributed by atoms with Gasteiger partial charge in [0.05, 0.1) is 5.78 Å². The quantitative estimate of drug-likeness (QED) is 0.630. The predicted octanol–water partition coefficient (Wildman–Crippen LogP) is 2.30. The molecule has 23 heavy (non-hydrogen) atoms. The van der Waals surface area contributed by atoms with Crippen LogP contribution < -0.4 is 5.73 Å². The van der Waals surface area contributed by atoms with Crippen LogP contribution in [-0.4, -0.2) is 33.1 Å². The summed E-state index contributed by atoms with van der Waals surface area (Å²) in [4.78, 5) is 20.5. The van der Waals surface area contributed by atoms with Crippen molar-refractivity contribution in [2.45, 2.75) is 25.0 Å². The van der Waals surface area contributed by atoms with Crippen molar-refractivity contribution in [3.05, 3.63) is 42.2 Å². The number of aromatic nitrogens is 1. The number of carboxylic acid groups (broad SMARTS) is 1. The van der Waals surface area contributed by atoms with Gasteiger partial charge in [0.2, 0.25) is 7.37 Å². The van der Waals surface area contributed by atoms with E-state index < -0.39 is 19.1 Å². The molecule has 0 amide bonds. The van der Waals surface area contributed by atoms with Crippen LogP contribution >= 0.6 is 7.37 Å². The maximum atomic E-state index is 12.2. The lowest BCUT2D eigenvalue weighted by Crippen LogP contribution is -2.23. The van der Waals surface area contributed by atoms with Gasteiger partial charge in [-0.3, -0.25) is 9.36 Å². The van der Waals surface area contributed by atoms with Crippen molar-refractivity contribution in [3.8, 4) is 11.3 Å². The van der Waals surface area contributed by atoms with Crippen LogP contribution in [0, 0.1) is 0 Å². The third-order valence-electron chi connectivity index (χ3n) is 3.48. The fourth-order valence-corrected chi connectivity index (χ4v) is 3.49. The lowest BCUT2D eigenvalue weighted by Gasteiger charge is -2.17. The number of aliphatic carboxylic acids is 1. The van der Waals surface area contributed by atoms with Gasteiger partial charge in [0.15, 0.2) is 0 Å². The molecule has 2 atom stereocenters. The molecule has 0 aliphatic heterocycles. The molecule has 8 heteroatoms. The lowest BCUT2D eigenvalue weighted by atomic mass is 10.1. The van der Waals surface area contributed by atoms with Gasteiger partial charge in [-0.1, -0.05) is 35.5 Å². The highest BCUT2D eigenvalue weighted by molar-refractivity contribution is 7.58. The Morgan fingerprint density at radius 1 is 1.35 bits per heavy atom. The molecule has 4 N–H and O–H groups in total. The predicted molar refractivity (Wildman–Crippen MR) is 85.2 cm³/mol. The third kappa shape index (κ3) is 5.03. The number of rotatable bonds is 8. The fourth-order valence-electron chi connectivity index (χ4n) is 2.09. The van der Waals surface area contributed by atoms with Gasteiger partial charge in [-0.05, 0) is 6.42 Å². The van der Waals surface area contributed by atoms with E-state index >= 15 is 0 Å². The summed E-state index contributed by atoms with van der Waals surface area (Å²) in [5, 5.41) is 12.5. The van der Waals surface area contributed by atoms with Gasteiger partial charge in [0, 0.05) is 30.6 Å². The molecule has 0 bridgehead atoms. The lowest BCUT2D eigenvalue weighted by molar-refractivity contribution is -0.137. The molecule has 1 aromatic carbocycles. The van der Waals surface area contributed by atoms with E-state index in [0.717, 1.165) is 5.56 Å². The molecule has 0 aliphatic rings. The van der Waals surface area contributed by atoms with Gasteiger partial charge in [0.25, 0.3) is 0 Å². The molecule has 2 unspecified atom stereocenters. The number of hydrogen-bond donors (Lipinski definition) is 3. The maximum Gasteiger partial charge on any atom is 0.303 e. The normalized spacial score (nSPS) is 15.0. The molecule has 7 nitrogen and oxygen atoms in total. The molecule has 0 saturated carbocycles. The molecule has 2 aromatic rings. The second kappa shape index (κ2) is 7.55. The first-order valence-corrected chi connectivity index (χ1v) is 9.10. The Bertz CT molecular complexity index is 701. The number of aryl methyl sites for hydroxylation is 1. The number of carboxylic acids is 1. The van der Waals surface area contributed by atoms with Gasteiger partial charge >= 0.3 is 5.97 Å². The van der Waals surface area contributed by atoms with E-state index in [-0.39, 0.29) is 25.4 Å². The van der Waals surface area contributed by atoms with Crippen LogP contribution in [0.15, 0.2) is 40.9 Å². The third-order valence-corrected chi connectivity index (χ3v) is 5.64. The largest absolute Gasteiger partial charge is 0.481 e. The van der Waals surface area contributed by atoms with Crippen LogP contribution in [-0.2, 0) is 15.8 Å². The van der Waals surface area contributed by atoms with Crippen molar-refractivity contribution in [1.29, 1.82) is 0 Å². The second-order valence-corrected chi connectivity index (χ2v) is 7.90. The van der Waals surface area contributed by atoms with Crippen LogP contribution in [0.25, 0.3) is 11.3 Å². The Kier molecular flexibility index (Phi) is 5.71. The zero-order valence-corrected chi connectivity index (χ0v) is 13.4. The first kappa shape index (κ1) is 17.4. The van der Waals surface area contributed by atoms with Crippen LogP contribution in [0.5, 0.6) is 0 Å². The van der Waals surface area contributed by atoms with E-state index in [1.54, 1.807) is 6.07 Å². The molecule has 1 heterocycles. The highest BCUT2D eigenvalue weighted by Crippen LogP contribution is 2.46. The van der Waals surface area contributed by atoms with Crippen molar-refractivity contribution in [2.75, 3.05) is 6.16 Å².